The first-order valence-electron chi connectivity index (χ1n) is 7.00. The van der Waals surface area contributed by atoms with Crippen molar-refractivity contribution >= 4 is 0 Å². The number of phenolic OH excluding ortho intramolecular Hbond substituents is 1. The Bertz CT molecular complexity index is 423. The Balaban J connectivity index is 2.31. The molecular formula is C15H24N2O2. The SMILES string of the molecule is COc1cccc(C(CN)N2CCCCC2C)c1O. The molecule has 106 valence electrons. The lowest BCUT2D eigenvalue weighted by Gasteiger charge is -2.39. The van der Waals surface area contributed by atoms with E-state index < -0.39 is 0 Å². The average molecular weight is 264 g/mol. The number of aromatic hydroxyl groups is 1. The van der Waals surface area contributed by atoms with Crippen LogP contribution in [0.15, 0.2) is 18.2 Å². The molecule has 0 aliphatic carbocycles. The van der Waals surface area contributed by atoms with Gasteiger partial charge in [0.05, 0.1) is 13.2 Å². The lowest BCUT2D eigenvalue weighted by Crippen LogP contribution is -2.43. The van der Waals surface area contributed by atoms with Gasteiger partial charge in [-0.3, -0.25) is 4.90 Å². The topological polar surface area (TPSA) is 58.7 Å². The number of methoxy groups -OCH3 is 1. The molecule has 2 atom stereocenters. The number of ether oxygens (including phenoxy) is 1. The summed E-state index contributed by atoms with van der Waals surface area (Å²) in [7, 11) is 1.57. The van der Waals surface area contributed by atoms with Gasteiger partial charge in [-0.1, -0.05) is 18.6 Å². The number of hydrogen-bond acceptors (Lipinski definition) is 4. The van der Waals surface area contributed by atoms with Crippen LogP contribution in [0.1, 0.15) is 37.8 Å². The highest BCUT2D eigenvalue weighted by Gasteiger charge is 2.28. The molecule has 1 heterocycles. The van der Waals surface area contributed by atoms with Gasteiger partial charge in [0.15, 0.2) is 11.5 Å². The van der Waals surface area contributed by atoms with Crippen LogP contribution < -0.4 is 10.5 Å². The zero-order chi connectivity index (χ0) is 13.8. The fourth-order valence-electron chi connectivity index (χ4n) is 3.00. The molecule has 0 amide bonds. The highest BCUT2D eigenvalue weighted by molar-refractivity contribution is 5.47. The molecule has 0 spiro atoms. The van der Waals surface area contributed by atoms with Crippen molar-refractivity contribution < 1.29 is 9.84 Å². The number of rotatable bonds is 4. The van der Waals surface area contributed by atoms with E-state index in [2.05, 4.69) is 11.8 Å². The van der Waals surface area contributed by atoms with Crippen LogP contribution in [0.2, 0.25) is 0 Å². The Labute approximate surface area is 115 Å². The number of nitrogens with zero attached hydrogens (tertiary/aromatic N) is 1. The van der Waals surface area contributed by atoms with Gasteiger partial charge >= 0.3 is 0 Å². The summed E-state index contributed by atoms with van der Waals surface area (Å²) in [6.45, 7) is 3.78. The van der Waals surface area contributed by atoms with Crippen LogP contribution >= 0.6 is 0 Å². The van der Waals surface area contributed by atoms with Crippen molar-refractivity contribution in [2.24, 2.45) is 5.73 Å². The number of phenols is 1. The van der Waals surface area contributed by atoms with Gasteiger partial charge in [-0.05, 0) is 32.4 Å². The summed E-state index contributed by atoms with van der Waals surface area (Å²) >= 11 is 0. The van der Waals surface area contributed by atoms with Crippen molar-refractivity contribution in [1.29, 1.82) is 0 Å². The highest BCUT2D eigenvalue weighted by atomic mass is 16.5. The molecular weight excluding hydrogens is 240 g/mol. The lowest BCUT2D eigenvalue weighted by molar-refractivity contribution is 0.107. The van der Waals surface area contributed by atoms with E-state index in [-0.39, 0.29) is 11.8 Å². The minimum atomic E-state index is 0.0606. The minimum Gasteiger partial charge on any atom is -0.504 e. The van der Waals surface area contributed by atoms with E-state index in [1.54, 1.807) is 13.2 Å². The molecule has 2 rings (SSSR count). The predicted octanol–water partition coefficient (Wildman–Crippen LogP) is 2.28. The van der Waals surface area contributed by atoms with Crippen molar-refractivity contribution in [2.75, 3.05) is 20.2 Å². The number of piperidine rings is 1. The zero-order valence-electron chi connectivity index (χ0n) is 11.8. The van der Waals surface area contributed by atoms with Crippen molar-refractivity contribution in [2.45, 2.75) is 38.3 Å². The van der Waals surface area contributed by atoms with Crippen LogP contribution in [0.3, 0.4) is 0 Å². The first-order chi connectivity index (χ1) is 9.19. The largest absolute Gasteiger partial charge is 0.504 e. The predicted molar refractivity (Wildman–Crippen MR) is 76.5 cm³/mol. The summed E-state index contributed by atoms with van der Waals surface area (Å²) in [5.41, 5.74) is 6.84. The minimum absolute atomic E-state index is 0.0606. The number of para-hydroxylation sites is 1. The third-order valence-electron chi connectivity index (χ3n) is 4.09. The molecule has 1 saturated heterocycles. The maximum absolute atomic E-state index is 10.3. The van der Waals surface area contributed by atoms with E-state index in [0.717, 1.165) is 12.1 Å². The molecule has 0 radical (unpaired) electrons. The molecule has 0 aromatic heterocycles. The molecule has 1 aliphatic heterocycles. The van der Waals surface area contributed by atoms with Gasteiger partial charge in [0.1, 0.15) is 0 Å². The van der Waals surface area contributed by atoms with Crippen molar-refractivity contribution in [3.63, 3.8) is 0 Å². The Morgan fingerprint density at radius 1 is 1.47 bits per heavy atom. The van der Waals surface area contributed by atoms with Gasteiger partial charge in [0.25, 0.3) is 0 Å². The fourth-order valence-corrected chi connectivity index (χ4v) is 3.00. The van der Waals surface area contributed by atoms with E-state index in [1.807, 2.05) is 12.1 Å². The van der Waals surface area contributed by atoms with Gasteiger partial charge in [-0.25, -0.2) is 0 Å². The normalized spacial score (nSPS) is 22.2. The van der Waals surface area contributed by atoms with Gasteiger partial charge < -0.3 is 15.6 Å². The van der Waals surface area contributed by atoms with Crippen LogP contribution in [-0.2, 0) is 0 Å². The van der Waals surface area contributed by atoms with E-state index in [9.17, 15) is 5.11 Å². The molecule has 1 aromatic rings. The number of benzene rings is 1. The summed E-state index contributed by atoms with van der Waals surface area (Å²) in [6, 6.07) is 6.19. The zero-order valence-corrected chi connectivity index (χ0v) is 11.8. The van der Waals surface area contributed by atoms with Crippen LogP contribution in [0.4, 0.5) is 0 Å². The molecule has 1 aliphatic rings. The van der Waals surface area contributed by atoms with Crippen molar-refractivity contribution in [1.82, 2.24) is 4.90 Å². The highest BCUT2D eigenvalue weighted by Crippen LogP contribution is 2.37. The molecule has 1 aromatic carbocycles. The molecule has 4 nitrogen and oxygen atoms in total. The summed E-state index contributed by atoms with van der Waals surface area (Å²) in [6.07, 6.45) is 3.67. The van der Waals surface area contributed by atoms with Crippen molar-refractivity contribution in [3.8, 4) is 11.5 Å². The molecule has 0 saturated carbocycles. The molecule has 19 heavy (non-hydrogen) atoms. The summed E-state index contributed by atoms with van der Waals surface area (Å²) < 4.78 is 5.19. The summed E-state index contributed by atoms with van der Waals surface area (Å²) in [5, 5.41) is 10.3. The number of nitrogens with two attached hydrogens (primary N) is 1. The van der Waals surface area contributed by atoms with Gasteiger partial charge in [0.2, 0.25) is 0 Å². The molecule has 4 heteroatoms. The third-order valence-corrected chi connectivity index (χ3v) is 4.09. The van der Waals surface area contributed by atoms with Crippen molar-refractivity contribution in [3.05, 3.63) is 23.8 Å². The Kier molecular flexibility index (Phi) is 4.66. The van der Waals surface area contributed by atoms with E-state index in [4.69, 9.17) is 10.5 Å². The molecule has 3 N–H and O–H groups in total. The Hall–Kier alpha value is -1.26. The first kappa shape index (κ1) is 14.2. The number of hydrogen-bond donors (Lipinski definition) is 2. The molecule has 2 unspecified atom stereocenters. The maximum Gasteiger partial charge on any atom is 0.162 e. The maximum atomic E-state index is 10.3. The third kappa shape index (κ3) is 2.85. The van der Waals surface area contributed by atoms with Gasteiger partial charge in [-0.15, -0.1) is 0 Å². The second-order valence-corrected chi connectivity index (χ2v) is 5.23. The van der Waals surface area contributed by atoms with Gasteiger partial charge in [-0.2, -0.15) is 0 Å². The lowest BCUT2D eigenvalue weighted by atomic mass is 9.96. The van der Waals surface area contributed by atoms with E-state index in [0.29, 0.717) is 18.3 Å². The monoisotopic (exact) mass is 264 g/mol. The standard InChI is InChI=1S/C15H24N2O2/c1-11-6-3-4-9-17(11)13(10-16)12-7-5-8-14(19-2)15(12)18/h5,7-8,11,13,18H,3-4,6,9-10,16H2,1-2H3. The smallest absolute Gasteiger partial charge is 0.162 e. The number of likely N-dealkylation sites (tertiary alicyclic amines) is 1. The van der Waals surface area contributed by atoms with Crippen LogP contribution in [0.5, 0.6) is 11.5 Å². The summed E-state index contributed by atoms with van der Waals surface area (Å²) in [4.78, 5) is 2.40. The molecule has 0 bridgehead atoms. The Morgan fingerprint density at radius 2 is 2.26 bits per heavy atom. The van der Waals surface area contributed by atoms with Crippen LogP contribution in [0, 0.1) is 0 Å². The van der Waals surface area contributed by atoms with E-state index in [1.165, 1.54) is 19.3 Å². The average Bonchev–Trinajstić information content (AvgIpc) is 2.43. The van der Waals surface area contributed by atoms with Crippen LogP contribution in [0.25, 0.3) is 0 Å². The van der Waals surface area contributed by atoms with Crippen LogP contribution in [-0.4, -0.2) is 36.2 Å². The second-order valence-electron chi connectivity index (χ2n) is 5.23. The quantitative estimate of drug-likeness (QED) is 0.876. The second kappa shape index (κ2) is 6.26. The Morgan fingerprint density at radius 3 is 2.89 bits per heavy atom. The van der Waals surface area contributed by atoms with E-state index >= 15 is 0 Å². The molecule has 1 fully saturated rings. The first-order valence-corrected chi connectivity index (χ1v) is 7.00. The summed E-state index contributed by atoms with van der Waals surface area (Å²) in [5.74, 6) is 0.735. The van der Waals surface area contributed by atoms with Gasteiger partial charge in [0, 0.05) is 18.2 Å². The fraction of sp³-hybridized carbons (Fsp3) is 0.600.